The van der Waals surface area contributed by atoms with Crippen LogP contribution < -0.4 is 4.74 Å². The van der Waals surface area contributed by atoms with Crippen molar-refractivity contribution in [1.82, 2.24) is 0 Å². The Morgan fingerprint density at radius 2 is 2.05 bits per heavy atom. The molecule has 4 nitrogen and oxygen atoms in total. The van der Waals surface area contributed by atoms with Crippen LogP contribution in [0.2, 0.25) is 5.02 Å². The molecule has 1 aromatic carbocycles. The molecular formula is C13H14BrClO4. The first kappa shape index (κ1) is 16.0. The van der Waals surface area contributed by atoms with Gasteiger partial charge in [-0.2, -0.15) is 0 Å². The summed E-state index contributed by atoms with van der Waals surface area (Å²) in [6.07, 6.45) is 0.196. The second-order valence-corrected chi connectivity index (χ2v) is 5.00. The molecule has 0 fully saturated rings. The Balaban J connectivity index is 2.36. The molecule has 0 radical (unpaired) electrons. The van der Waals surface area contributed by atoms with Gasteiger partial charge in [0.15, 0.2) is 5.78 Å². The maximum absolute atomic E-state index is 11.5. The van der Waals surface area contributed by atoms with E-state index in [-0.39, 0.29) is 31.2 Å². The van der Waals surface area contributed by atoms with E-state index >= 15 is 0 Å². The van der Waals surface area contributed by atoms with Gasteiger partial charge in [-0.1, -0.05) is 11.6 Å². The number of hydrogen-bond donors (Lipinski definition) is 0. The summed E-state index contributed by atoms with van der Waals surface area (Å²) in [5.74, 6) is 0.00677. The van der Waals surface area contributed by atoms with Crippen LogP contribution in [-0.4, -0.2) is 25.0 Å². The van der Waals surface area contributed by atoms with Gasteiger partial charge >= 0.3 is 5.97 Å². The van der Waals surface area contributed by atoms with E-state index in [0.29, 0.717) is 21.9 Å². The number of benzene rings is 1. The predicted molar refractivity (Wildman–Crippen MR) is 75.5 cm³/mol. The zero-order valence-electron chi connectivity index (χ0n) is 10.4. The third kappa shape index (κ3) is 6.07. The minimum absolute atomic E-state index is 0.0812. The lowest BCUT2D eigenvalue weighted by Crippen LogP contribution is -2.14. The second kappa shape index (κ2) is 8.17. The van der Waals surface area contributed by atoms with Gasteiger partial charge in [0.25, 0.3) is 0 Å². The van der Waals surface area contributed by atoms with Gasteiger partial charge in [0.2, 0.25) is 0 Å². The van der Waals surface area contributed by atoms with Crippen LogP contribution in [0.15, 0.2) is 22.7 Å². The lowest BCUT2D eigenvalue weighted by atomic mass is 10.2. The van der Waals surface area contributed by atoms with E-state index in [9.17, 15) is 9.59 Å². The third-order valence-corrected chi connectivity index (χ3v) is 3.05. The molecule has 0 aromatic heterocycles. The molecule has 0 amide bonds. The smallest absolute Gasteiger partial charge is 0.306 e. The third-order valence-electron chi connectivity index (χ3n) is 2.20. The van der Waals surface area contributed by atoms with Crippen LogP contribution in [-0.2, 0) is 14.3 Å². The van der Waals surface area contributed by atoms with Crippen LogP contribution in [0.4, 0.5) is 0 Å². The average Bonchev–Trinajstić information content (AvgIpc) is 2.35. The SMILES string of the molecule is CCOC(=O)CCC(=O)COc1ccc(Cl)cc1Br. The zero-order chi connectivity index (χ0) is 14.3. The second-order valence-electron chi connectivity index (χ2n) is 3.71. The Kier molecular flexibility index (Phi) is 6.87. The largest absolute Gasteiger partial charge is 0.485 e. The fraction of sp³-hybridized carbons (Fsp3) is 0.385. The molecule has 0 aliphatic rings. The van der Waals surface area contributed by atoms with Crippen molar-refractivity contribution in [1.29, 1.82) is 0 Å². The van der Waals surface area contributed by atoms with E-state index in [1.165, 1.54) is 0 Å². The Labute approximate surface area is 125 Å². The molecule has 0 spiro atoms. The molecule has 0 heterocycles. The molecule has 0 saturated heterocycles. The van der Waals surface area contributed by atoms with E-state index in [1.807, 2.05) is 0 Å². The summed E-state index contributed by atoms with van der Waals surface area (Å²) < 4.78 is 10.8. The van der Waals surface area contributed by atoms with Gasteiger partial charge in [0.05, 0.1) is 17.5 Å². The molecule has 0 unspecified atom stereocenters. The molecule has 0 atom stereocenters. The highest BCUT2D eigenvalue weighted by Crippen LogP contribution is 2.27. The van der Waals surface area contributed by atoms with Crippen molar-refractivity contribution in [2.75, 3.05) is 13.2 Å². The molecule has 0 saturated carbocycles. The Hall–Kier alpha value is -1.07. The highest BCUT2D eigenvalue weighted by Gasteiger charge is 2.09. The highest BCUT2D eigenvalue weighted by molar-refractivity contribution is 9.10. The van der Waals surface area contributed by atoms with Crippen LogP contribution in [0.25, 0.3) is 0 Å². The van der Waals surface area contributed by atoms with Gasteiger partial charge in [0, 0.05) is 11.4 Å². The number of hydrogen-bond acceptors (Lipinski definition) is 4. The molecule has 1 rings (SSSR count). The van der Waals surface area contributed by atoms with E-state index in [2.05, 4.69) is 15.9 Å². The molecule has 104 valence electrons. The van der Waals surface area contributed by atoms with Gasteiger partial charge in [-0.25, -0.2) is 0 Å². The van der Waals surface area contributed by atoms with Gasteiger partial charge in [-0.05, 0) is 41.1 Å². The minimum atomic E-state index is -0.372. The lowest BCUT2D eigenvalue weighted by Gasteiger charge is -2.07. The predicted octanol–water partition coefficient (Wildman–Crippen LogP) is 3.39. The molecular weight excluding hydrogens is 335 g/mol. The van der Waals surface area contributed by atoms with Crippen molar-refractivity contribution < 1.29 is 19.1 Å². The number of carbonyl (C=O) groups is 2. The first-order valence-electron chi connectivity index (χ1n) is 5.78. The van der Waals surface area contributed by atoms with Gasteiger partial charge in [-0.15, -0.1) is 0 Å². The van der Waals surface area contributed by atoms with E-state index in [4.69, 9.17) is 21.1 Å². The Morgan fingerprint density at radius 1 is 1.32 bits per heavy atom. The number of rotatable bonds is 7. The van der Waals surface area contributed by atoms with Crippen LogP contribution in [0, 0.1) is 0 Å². The number of halogens is 2. The van der Waals surface area contributed by atoms with Gasteiger partial charge in [0.1, 0.15) is 12.4 Å². The minimum Gasteiger partial charge on any atom is -0.485 e. The summed E-state index contributed by atoms with van der Waals surface area (Å²) in [6.45, 7) is 1.96. The van der Waals surface area contributed by atoms with Gasteiger partial charge < -0.3 is 9.47 Å². The summed E-state index contributed by atoms with van der Waals surface area (Å²) in [4.78, 5) is 22.6. The van der Waals surface area contributed by atoms with Crippen LogP contribution in [0.3, 0.4) is 0 Å². The van der Waals surface area contributed by atoms with Gasteiger partial charge in [-0.3, -0.25) is 9.59 Å². The maximum Gasteiger partial charge on any atom is 0.306 e. The first-order valence-corrected chi connectivity index (χ1v) is 6.95. The van der Waals surface area contributed by atoms with Crippen LogP contribution in [0.1, 0.15) is 19.8 Å². The maximum atomic E-state index is 11.5. The molecule has 0 aliphatic heterocycles. The number of Topliss-reactive ketones (excluding diaryl/α,β-unsaturated/α-hetero) is 1. The number of ether oxygens (including phenoxy) is 2. The van der Waals surface area contributed by atoms with Crippen LogP contribution >= 0.6 is 27.5 Å². The molecule has 0 aliphatic carbocycles. The zero-order valence-corrected chi connectivity index (χ0v) is 12.8. The van der Waals surface area contributed by atoms with Crippen molar-refractivity contribution in [2.24, 2.45) is 0 Å². The summed E-state index contributed by atoms with van der Waals surface area (Å²) in [5, 5.41) is 0.577. The summed E-state index contributed by atoms with van der Waals surface area (Å²) in [5.41, 5.74) is 0. The van der Waals surface area contributed by atoms with Crippen LogP contribution in [0.5, 0.6) is 5.75 Å². The Morgan fingerprint density at radius 3 is 2.68 bits per heavy atom. The van der Waals surface area contributed by atoms with Crippen molar-refractivity contribution in [3.8, 4) is 5.75 Å². The summed E-state index contributed by atoms with van der Waals surface area (Å²) in [6, 6.07) is 5.02. The monoisotopic (exact) mass is 348 g/mol. The number of carbonyl (C=O) groups excluding carboxylic acids is 2. The molecule has 1 aromatic rings. The molecule has 0 bridgehead atoms. The van der Waals surface area contributed by atoms with E-state index in [0.717, 1.165) is 0 Å². The Bertz CT molecular complexity index is 462. The van der Waals surface area contributed by atoms with Crippen molar-refractivity contribution in [3.63, 3.8) is 0 Å². The quantitative estimate of drug-likeness (QED) is 0.708. The summed E-state index contributed by atoms with van der Waals surface area (Å²) in [7, 11) is 0. The highest BCUT2D eigenvalue weighted by atomic mass is 79.9. The number of esters is 1. The van der Waals surface area contributed by atoms with E-state index in [1.54, 1.807) is 25.1 Å². The molecule has 6 heteroatoms. The van der Waals surface area contributed by atoms with Crippen molar-refractivity contribution in [3.05, 3.63) is 27.7 Å². The fourth-order valence-electron chi connectivity index (χ4n) is 1.30. The van der Waals surface area contributed by atoms with Crippen molar-refractivity contribution >= 4 is 39.3 Å². The average molecular weight is 350 g/mol. The van der Waals surface area contributed by atoms with Crippen molar-refractivity contribution in [2.45, 2.75) is 19.8 Å². The molecule has 19 heavy (non-hydrogen) atoms. The fourth-order valence-corrected chi connectivity index (χ4v) is 2.09. The first-order chi connectivity index (χ1) is 9.02. The topological polar surface area (TPSA) is 52.6 Å². The standard InChI is InChI=1S/C13H14BrClO4/c1-2-18-13(17)6-4-10(16)8-19-12-5-3-9(15)7-11(12)14/h3,5,7H,2,4,6,8H2,1H3. The number of ketones is 1. The molecule has 0 N–H and O–H groups in total. The summed E-state index contributed by atoms with van der Waals surface area (Å²) >= 11 is 9.08. The lowest BCUT2D eigenvalue weighted by molar-refractivity contribution is -0.144. The van der Waals surface area contributed by atoms with E-state index < -0.39 is 0 Å². The normalized spacial score (nSPS) is 10.1.